The third-order valence-electron chi connectivity index (χ3n) is 8.05. The molecule has 2 aromatic heterocycles. The lowest BCUT2D eigenvalue weighted by molar-refractivity contribution is -0.137. The van der Waals surface area contributed by atoms with E-state index >= 15 is 0 Å². The maximum atomic E-state index is 14.6. The lowest BCUT2D eigenvalue weighted by Crippen LogP contribution is -2.58. The number of likely N-dealkylation sites (N-methyl/N-ethyl adjacent to an activating group) is 1. The van der Waals surface area contributed by atoms with Crippen LogP contribution in [-0.2, 0) is 32.5 Å². The highest BCUT2D eigenvalue weighted by molar-refractivity contribution is 7.92. The molecule has 0 saturated carbocycles. The van der Waals surface area contributed by atoms with Crippen molar-refractivity contribution in [2.45, 2.75) is 38.8 Å². The number of carbonyl (C=O) groups is 3. The molecule has 2 atom stereocenters. The molecule has 5 rings (SSSR count). The second-order valence-corrected chi connectivity index (χ2v) is 13.2. The van der Waals surface area contributed by atoms with Gasteiger partial charge in [-0.2, -0.15) is 0 Å². The van der Waals surface area contributed by atoms with Crippen LogP contribution in [0.5, 0.6) is 0 Å². The molecule has 0 aliphatic rings. The molecule has 0 spiro atoms. The number of nitrogens with one attached hydrogen (secondary N) is 1. The summed E-state index contributed by atoms with van der Waals surface area (Å²) in [6.45, 7) is 7.11. The van der Waals surface area contributed by atoms with Crippen LogP contribution in [0, 0.1) is 13.8 Å². The first kappa shape index (κ1) is 32.9. The van der Waals surface area contributed by atoms with Crippen LogP contribution in [0.4, 0.5) is 0 Å². The molecule has 0 radical (unpaired) electrons. The summed E-state index contributed by atoms with van der Waals surface area (Å²) in [6.07, 6.45) is 2.88. The number of fused-ring (bicyclic) bond motifs is 1. The first-order valence-electron chi connectivity index (χ1n) is 14.8. The molecule has 0 bridgehead atoms. The molecule has 3 aromatic carbocycles. The largest absolute Gasteiger partial charge is 0.368 e. The highest BCUT2D eigenvalue weighted by atomic mass is 32.2. The number of aromatic nitrogens is 2. The van der Waals surface area contributed by atoms with Gasteiger partial charge >= 0.3 is 0 Å². The Bertz CT molecular complexity index is 2030. The Morgan fingerprint density at radius 1 is 0.979 bits per heavy atom. The van der Waals surface area contributed by atoms with Crippen molar-refractivity contribution < 1.29 is 27.3 Å². The molecular formula is C35H35N5O6S. The summed E-state index contributed by atoms with van der Waals surface area (Å²) in [6, 6.07) is 18.3. The number of carbonyl (C=O) groups excluding carboxylic acids is 3. The lowest BCUT2D eigenvalue weighted by Gasteiger charge is -2.35. The van der Waals surface area contributed by atoms with Gasteiger partial charge in [-0.3, -0.25) is 14.4 Å². The zero-order chi connectivity index (χ0) is 33.9. The number of nitrogens with two attached hydrogens (primary N) is 1. The van der Waals surface area contributed by atoms with Crippen LogP contribution in [0.1, 0.15) is 32.6 Å². The van der Waals surface area contributed by atoms with Crippen molar-refractivity contribution in [1.29, 1.82) is 0 Å². The maximum absolute atomic E-state index is 14.6. The van der Waals surface area contributed by atoms with Gasteiger partial charge in [0.1, 0.15) is 12.1 Å². The average Bonchev–Trinajstić information content (AvgIpc) is 3.73. The Hall–Kier alpha value is -5.49. The number of nitrogens with zero attached hydrogens (tertiary/aromatic N) is 3. The molecule has 47 heavy (non-hydrogen) atoms. The molecule has 0 aliphatic carbocycles. The summed E-state index contributed by atoms with van der Waals surface area (Å²) in [7, 11) is -3.16. The van der Waals surface area contributed by atoms with Crippen LogP contribution in [0.2, 0.25) is 0 Å². The second kappa shape index (κ2) is 13.5. The Labute approximate surface area is 272 Å². The molecule has 0 fully saturated rings. The third kappa shape index (κ3) is 7.02. The van der Waals surface area contributed by atoms with E-state index in [2.05, 4.69) is 16.7 Å². The van der Waals surface area contributed by atoms with E-state index in [1.807, 2.05) is 38.1 Å². The molecule has 2 heterocycles. The SMILES string of the molecule is C=CS(=O)(=O)N(C(=O)[C@H](Cc1ccc(-c2ccno2)cc1)N(C)C(=O)c1cc(C)cc(C)c1)[C@@H](Cc1c[nH]c2ccccc12)C(N)=O. The first-order chi connectivity index (χ1) is 22.4. The van der Waals surface area contributed by atoms with Gasteiger partial charge in [0.2, 0.25) is 5.91 Å². The van der Waals surface area contributed by atoms with E-state index in [1.165, 1.54) is 18.1 Å². The number of hydrogen-bond acceptors (Lipinski definition) is 7. The molecule has 5 aromatic rings. The molecule has 3 amide bonds. The Morgan fingerprint density at radius 3 is 2.28 bits per heavy atom. The van der Waals surface area contributed by atoms with Crippen LogP contribution in [0.15, 0.2) is 102 Å². The van der Waals surface area contributed by atoms with E-state index in [1.54, 1.807) is 54.7 Å². The summed E-state index contributed by atoms with van der Waals surface area (Å²) in [4.78, 5) is 45.9. The van der Waals surface area contributed by atoms with E-state index < -0.39 is 39.8 Å². The number of aromatic amines is 1. The maximum Gasteiger partial charge on any atom is 0.260 e. The van der Waals surface area contributed by atoms with Crippen LogP contribution in [-0.4, -0.2) is 64.6 Å². The topological polar surface area (TPSA) is 160 Å². The van der Waals surface area contributed by atoms with Crippen LogP contribution >= 0.6 is 0 Å². The number of rotatable bonds is 12. The monoisotopic (exact) mass is 653 g/mol. The number of sulfonamides is 1. The quantitative estimate of drug-likeness (QED) is 0.200. The van der Waals surface area contributed by atoms with Crippen molar-refractivity contribution in [3.8, 4) is 11.3 Å². The zero-order valence-electron chi connectivity index (χ0n) is 26.2. The Balaban J connectivity index is 1.58. The van der Waals surface area contributed by atoms with E-state index in [9.17, 15) is 22.8 Å². The van der Waals surface area contributed by atoms with Crippen LogP contribution < -0.4 is 5.73 Å². The van der Waals surface area contributed by atoms with Crippen molar-refractivity contribution in [3.63, 3.8) is 0 Å². The van der Waals surface area contributed by atoms with Gasteiger partial charge in [0.15, 0.2) is 5.76 Å². The number of primary amides is 1. The van der Waals surface area contributed by atoms with Gasteiger partial charge in [-0.25, -0.2) is 12.7 Å². The molecule has 0 saturated heterocycles. The lowest BCUT2D eigenvalue weighted by atomic mass is 9.99. The molecule has 12 heteroatoms. The predicted molar refractivity (Wildman–Crippen MR) is 178 cm³/mol. The fraction of sp³-hybridized carbons (Fsp3) is 0.200. The normalized spacial score (nSPS) is 12.7. The van der Waals surface area contributed by atoms with E-state index in [-0.39, 0.29) is 12.8 Å². The van der Waals surface area contributed by atoms with Gasteiger partial charge in [-0.15, -0.1) is 0 Å². The smallest absolute Gasteiger partial charge is 0.260 e. The molecule has 242 valence electrons. The predicted octanol–water partition coefficient (Wildman–Crippen LogP) is 4.52. The summed E-state index contributed by atoms with van der Waals surface area (Å²) < 4.78 is 32.9. The summed E-state index contributed by atoms with van der Waals surface area (Å²) in [5, 5.41) is 5.07. The van der Waals surface area contributed by atoms with Crippen molar-refractivity contribution in [2.75, 3.05) is 7.05 Å². The number of para-hydroxylation sites is 1. The minimum Gasteiger partial charge on any atom is -0.368 e. The standard InChI is InChI=1S/C35H35N5O6S/c1-5-47(44,45)40(30(33(36)41)20-27-21-37-29-9-7-6-8-28(27)29)35(43)31(39(4)34(42)26-17-22(2)16-23(3)18-26)19-24-10-12-25(13-11-24)32-14-15-38-46-32/h5-18,21,30-31,37H,1,19-20H2,2-4H3,(H2,36,41)/t30-,31-/m0/s1. The van der Waals surface area contributed by atoms with Crippen molar-refractivity contribution in [2.24, 2.45) is 5.73 Å². The van der Waals surface area contributed by atoms with E-state index in [4.69, 9.17) is 10.3 Å². The third-order valence-corrected chi connectivity index (χ3v) is 9.45. The van der Waals surface area contributed by atoms with Crippen LogP contribution in [0.3, 0.4) is 0 Å². The fourth-order valence-electron chi connectivity index (χ4n) is 5.72. The van der Waals surface area contributed by atoms with Gasteiger partial charge in [0, 0.05) is 59.6 Å². The first-order valence-corrected chi connectivity index (χ1v) is 16.3. The highest BCUT2D eigenvalue weighted by Gasteiger charge is 2.42. The molecule has 3 N–H and O–H groups in total. The molecule has 11 nitrogen and oxygen atoms in total. The van der Waals surface area contributed by atoms with Crippen LogP contribution in [0.25, 0.3) is 22.2 Å². The van der Waals surface area contributed by atoms with Gasteiger partial charge in [-0.05, 0) is 43.2 Å². The van der Waals surface area contributed by atoms with Gasteiger partial charge in [-0.1, -0.05) is 71.4 Å². The Kier molecular flexibility index (Phi) is 9.43. The van der Waals surface area contributed by atoms with Gasteiger partial charge < -0.3 is 20.1 Å². The minimum absolute atomic E-state index is 0.0791. The molecule has 0 aliphatic heterocycles. The second-order valence-electron chi connectivity index (χ2n) is 11.4. The van der Waals surface area contributed by atoms with E-state index in [0.29, 0.717) is 32.2 Å². The van der Waals surface area contributed by atoms with Gasteiger partial charge in [0.25, 0.3) is 21.8 Å². The van der Waals surface area contributed by atoms with Crippen molar-refractivity contribution in [3.05, 3.63) is 125 Å². The summed E-state index contributed by atoms with van der Waals surface area (Å²) in [5.41, 5.74) is 10.5. The van der Waals surface area contributed by atoms with Crippen molar-refractivity contribution >= 4 is 38.6 Å². The summed E-state index contributed by atoms with van der Waals surface area (Å²) >= 11 is 0. The number of H-pyrrole nitrogens is 1. The minimum atomic E-state index is -4.59. The fourth-order valence-corrected chi connectivity index (χ4v) is 6.78. The number of aryl methyl sites for hydroxylation is 2. The van der Waals surface area contributed by atoms with Crippen molar-refractivity contribution in [1.82, 2.24) is 19.3 Å². The number of hydrogen-bond donors (Lipinski definition) is 2. The highest BCUT2D eigenvalue weighted by Crippen LogP contribution is 2.26. The van der Waals surface area contributed by atoms with Gasteiger partial charge in [0.05, 0.1) is 6.20 Å². The molecular weight excluding hydrogens is 618 g/mol. The molecule has 0 unspecified atom stereocenters. The number of benzene rings is 3. The Morgan fingerprint density at radius 2 is 1.66 bits per heavy atom. The zero-order valence-corrected chi connectivity index (χ0v) is 27.0. The van der Waals surface area contributed by atoms with E-state index in [0.717, 1.165) is 27.6 Å². The average molecular weight is 654 g/mol. The summed E-state index contributed by atoms with van der Waals surface area (Å²) in [5.74, 6) is -2.01. The number of amides is 3.